The Morgan fingerprint density at radius 3 is 2.73 bits per heavy atom. The number of nitrogens with one attached hydrogen (secondary N) is 1. The first-order valence-corrected chi connectivity index (χ1v) is 12.7. The van der Waals surface area contributed by atoms with E-state index in [-0.39, 0.29) is 5.56 Å². The molecule has 166 valence electrons. The molecule has 5 aromatic rings. The maximum Gasteiger partial charge on any atom is 0.261 e. The highest BCUT2D eigenvalue weighted by Gasteiger charge is 2.25. The number of methoxy groups -OCH3 is 1. The third-order valence-corrected chi connectivity index (χ3v) is 8.71. The van der Waals surface area contributed by atoms with Gasteiger partial charge in [-0.25, -0.2) is 4.98 Å². The average molecular weight is 456 g/mol. The summed E-state index contributed by atoms with van der Waals surface area (Å²) in [7, 11) is 1.69. The summed E-state index contributed by atoms with van der Waals surface area (Å²) < 4.78 is 8.56. The van der Waals surface area contributed by atoms with Gasteiger partial charge in [-0.05, 0) is 78.9 Å². The molecule has 2 aromatic carbocycles. The molecule has 3 aromatic heterocycles. The minimum atomic E-state index is 0.0737. The van der Waals surface area contributed by atoms with Crippen LogP contribution in [0, 0.1) is 0 Å². The van der Waals surface area contributed by atoms with Gasteiger partial charge >= 0.3 is 0 Å². The second kappa shape index (κ2) is 7.19. The number of H-pyrrole nitrogens is 1. The van der Waals surface area contributed by atoms with Crippen molar-refractivity contribution >= 4 is 43.2 Å². The van der Waals surface area contributed by atoms with E-state index in [0.29, 0.717) is 6.54 Å². The maximum absolute atomic E-state index is 13.6. The summed E-state index contributed by atoms with van der Waals surface area (Å²) in [5.41, 5.74) is 5.58. The topological polar surface area (TPSA) is 59.9 Å². The van der Waals surface area contributed by atoms with Crippen molar-refractivity contribution < 1.29 is 4.74 Å². The largest absolute Gasteiger partial charge is 0.497 e. The third-order valence-electron chi connectivity index (χ3n) is 7.45. The summed E-state index contributed by atoms with van der Waals surface area (Å²) in [6.45, 7) is 0.647. The van der Waals surface area contributed by atoms with E-state index >= 15 is 0 Å². The molecule has 33 heavy (non-hydrogen) atoms. The number of hydrogen-bond donors (Lipinski definition) is 1. The number of rotatable bonds is 1. The molecule has 0 bridgehead atoms. The van der Waals surface area contributed by atoms with Crippen LogP contribution < -0.4 is 10.3 Å². The summed E-state index contributed by atoms with van der Waals surface area (Å²) in [6, 6.07) is 10.4. The second-order valence-corrected chi connectivity index (χ2v) is 10.5. The monoisotopic (exact) mass is 455 g/mol. The molecule has 5 nitrogen and oxygen atoms in total. The van der Waals surface area contributed by atoms with Gasteiger partial charge in [-0.3, -0.25) is 9.36 Å². The Balaban J connectivity index is 1.47. The van der Waals surface area contributed by atoms with Crippen molar-refractivity contribution in [3.63, 3.8) is 0 Å². The van der Waals surface area contributed by atoms with Crippen LogP contribution in [0.4, 0.5) is 0 Å². The lowest BCUT2D eigenvalue weighted by molar-refractivity contribution is 0.415. The Bertz CT molecular complexity index is 1640. The van der Waals surface area contributed by atoms with Gasteiger partial charge in [0.25, 0.3) is 5.56 Å². The minimum absolute atomic E-state index is 0.0737. The molecule has 1 N–H and O–H groups in total. The van der Waals surface area contributed by atoms with E-state index in [1.165, 1.54) is 51.8 Å². The molecule has 0 fully saturated rings. The number of fused-ring (bicyclic) bond motifs is 9. The number of hydrogen-bond acceptors (Lipinski definition) is 4. The first kappa shape index (κ1) is 19.4. The Morgan fingerprint density at radius 1 is 0.970 bits per heavy atom. The Labute approximate surface area is 195 Å². The smallest absolute Gasteiger partial charge is 0.261 e. The lowest BCUT2D eigenvalue weighted by Crippen LogP contribution is -2.27. The standard InChI is InChI=1S/C27H25N3O2S/c1-32-15-8-9-21-18(12-15)17-10-11-30-26(25(17)28-21)29-22-14-24-19(13-20(22)27(30)31)16-6-4-2-3-5-7-23(16)33-24/h8-9,12-14,28H,2-7,10-11H2,1H3. The normalized spacial score (nSPS) is 15.8. The fourth-order valence-corrected chi connectivity index (χ4v) is 7.07. The molecule has 2 aliphatic rings. The zero-order chi connectivity index (χ0) is 22.1. The molecule has 1 aliphatic carbocycles. The number of aromatic amines is 1. The van der Waals surface area contributed by atoms with Gasteiger partial charge in [-0.1, -0.05) is 12.8 Å². The molecule has 0 saturated carbocycles. The van der Waals surface area contributed by atoms with Crippen molar-refractivity contribution in [3.8, 4) is 17.3 Å². The van der Waals surface area contributed by atoms with Gasteiger partial charge in [0, 0.05) is 27.0 Å². The summed E-state index contributed by atoms with van der Waals surface area (Å²) in [5, 5.41) is 3.17. The summed E-state index contributed by atoms with van der Waals surface area (Å²) in [5.74, 6) is 1.59. The predicted octanol–water partition coefficient (Wildman–Crippen LogP) is 5.98. The van der Waals surface area contributed by atoms with Gasteiger partial charge in [0.15, 0.2) is 5.82 Å². The summed E-state index contributed by atoms with van der Waals surface area (Å²) in [4.78, 5) is 23.7. The van der Waals surface area contributed by atoms with Crippen molar-refractivity contribution in [3.05, 3.63) is 56.7 Å². The van der Waals surface area contributed by atoms with Crippen LogP contribution in [0.5, 0.6) is 5.75 Å². The highest BCUT2D eigenvalue weighted by atomic mass is 32.1. The summed E-state index contributed by atoms with van der Waals surface area (Å²) >= 11 is 1.90. The van der Waals surface area contributed by atoms with Gasteiger partial charge in [-0.2, -0.15) is 0 Å². The quantitative estimate of drug-likeness (QED) is 0.338. The van der Waals surface area contributed by atoms with Crippen LogP contribution >= 0.6 is 11.3 Å². The predicted molar refractivity (Wildman–Crippen MR) is 135 cm³/mol. The minimum Gasteiger partial charge on any atom is -0.497 e. The maximum atomic E-state index is 13.6. The molecule has 0 atom stereocenters. The van der Waals surface area contributed by atoms with Crippen molar-refractivity contribution in [1.29, 1.82) is 0 Å². The number of ether oxygens (including phenoxy) is 1. The van der Waals surface area contributed by atoms with Crippen LogP contribution in [0.25, 0.3) is 43.4 Å². The molecule has 0 unspecified atom stereocenters. The van der Waals surface area contributed by atoms with Crippen molar-refractivity contribution in [2.24, 2.45) is 0 Å². The molecule has 0 amide bonds. The molecule has 4 heterocycles. The van der Waals surface area contributed by atoms with Crippen LogP contribution in [-0.2, 0) is 25.8 Å². The number of benzene rings is 2. The molecule has 0 radical (unpaired) electrons. The second-order valence-electron chi connectivity index (χ2n) is 9.32. The van der Waals surface area contributed by atoms with E-state index in [4.69, 9.17) is 9.72 Å². The Kier molecular flexibility index (Phi) is 4.22. The van der Waals surface area contributed by atoms with Crippen LogP contribution in [0.1, 0.15) is 41.7 Å². The van der Waals surface area contributed by atoms with E-state index in [0.717, 1.165) is 58.3 Å². The van der Waals surface area contributed by atoms with Crippen molar-refractivity contribution in [2.75, 3.05) is 7.11 Å². The zero-order valence-electron chi connectivity index (χ0n) is 18.7. The number of aromatic nitrogens is 3. The highest BCUT2D eigenvalue weighted by Crippen LogP contribution is 2.38. The highest BCUT2D eigenvalue weighted by molar-refractivity contribution is 7.19. The Hall–Kier alpha value is -3.12. The first-order valence-electron chi connectivity index (χ1n) is 11.9. The van der Waals surface area contributed by atoms with Gasteiger partial charge in [0.05, 0.1) is 23.7 Å². The van der Waals surface area contributed by atoms with E-state index in [1.54, 1.807) is 7.11 Å². The molecule has 7 rings (SSSR count). The van der Waals surface area contributed by atoms with Gasteiger partial charge < -0.3 is 9.72 Å². The van der Waals surface area contributed by atoms with Crippen LogP contribution in [0.15, 0.2) is 35.1 Å². The zero-order valence-corrected chi connectivity index (χ0v) is 19.5. The molecular weight excluding hydrogens is 430 g/mol. The number of nitrogens with zero attached hydrogens (tertiary/aromatic N) is 2. The van der Waals surface area contributed by atoms with Gasteiger partial charge in [-0.15, -0.1) is 11.3 Å². The van der Waals surface area contributed by atoms with Crippen molar-refractivity contribution in [2.45, 2.75) is 51.5 Å². The SMILES string of the molecule is COc1ccc2[nH]c3c(c2c1)CCn1c-3nc2cc3sc4c(c3cc2c1=O)CCCCCC4. The summed E-state index contributed by atoms with van der Waals surface area (Å²) in [6.07, 6.45) is 8.23. The molecule has 0 spiro atoms. The lowest BCUT2D eigenvalue weighted by atomic mass is 9.96. The van der Waals surface area contributed by atoms with Crippen LogP contribution in [-0.4, -0.2) is 21.6 Å². The van der Waals surface area contributed by atoms with E-state index < -0.39 is 0 Å². The number of aryl methyl sites for hydroxylation is 3. The van der Waals surface area contributed by atoms with E-state index in [1.807, 2.05) is 28.0 Å². The van der Waals surface area contributed by atoms with Gasteiger partial charge in [0.1, 0.15) is 5.75 Å². The third kappa shape index (κ3) is 2.83. The fraction of sp³-hybridized carbons (Fsp3) is 0.333. The van der Waals surface area contributed by atoms with Crippen molar-refractivity contribution in [1.82, 2.24) is 14.5 Å². The molecule has 0 saturated heterocycles. The molecular formula is C27H25N3O2S. The molecule has 1 aliphatic heterocycles. The van der Waals surface area contributed by atoms with E-state index in [2.05, 4.69) is 23.2 Å². The molecule has 6 heteroatoms. The van der Waals surface area contributed by atoms with Crippen LogP contribution in [0.2, 0.25) is 0 Å². The van der Waals surface area contributed by atoms with Crippen LogP contribution in [0.3, 0.4) is 0 Å². The average Bonchev–Trinajstić information content (AvgIpc) is 3.35. The number of thiophene rings is 1. The lowest BCUT2D eigenvalue weighted by Gasteiger charge is -2.19. The van der Waals surface area contributed by atoms with Gasteiger partial charge in [0.2, 0.25) is 0 Å². The Morgan fingerprint density at radius 2 is 1.85 bits per heavy atom. The van der Waals surface area contributed by atoms with E-state index in [9.17, 15) is 4.79 Å². The first-order chi connectivity index (χ1) is 16.2. The fourth-order valence-electron chi connectivity index (χ4n) is 5.76.